The molecule has 0 aliphatic heterocycles. The minimum atomic E-state index is -0.238. The quantitative estimate of drug-likeness (QED) is 0.778. The van der Waals surface area contributed by atoms with Gasteiger partial charge in [0.05, 0.1) is 5.69 Å². The molecule has 6 heteroatoms. The fraction of sp³-hybridized carbons (Fsp3) is 0.100. The van der Waals surface area contributed by atoms with E-state index >= 15 is 0 Å². The lowest BCUT2D eigenvalue weighted by atomic mass is 10.3. The van der Waals surface area contributed by atoms with Crippen molar-refractivity contribution in [3.05, 3.63) is 34.8 Å². The van der Waals surface area contributed by atoms with Crippen LogP contribution in [0.3, 0.4) is 0 Å². The molecule has 2 rings (SSSR count). The summed E-state index contributed by atoms with van der Waals surface area (Å²) in [5.74, 6) is -0.0770. The summed E-state index contributed by atoms with van der Waals surface area (Å²) >= 11 is 1.06. The molecule has 1 heterocycles. The van der Waals surface area contributed by atoms with Gasteiger partial charge >= 0.3 is 0 Å². The zero-order valence-electron chi connectivity index (χ0n) is 8.47. The zero-order valence-corrected chi connectivity index (χ0v) is 9.28. The highest BCUT2D eigenvalue weighted by atomic mass is 32.1. The van der Waals surface area contributed by atoms with Crippen LogP contribution in [0.1, 0.15) is 15.4 Å². The van der Waals surface area contributed by atoms with Crippen molar-refractivity contribution >= 4 is 23.1 Å². The van der Waals surface area contributed by atoms with E-state index in [-0.39, 0.29) is 11.7 Å². The van der Waals surface area contributed by atoms with Crippen molar-refractivity contribution < 1.29 is 9.90 Å². The molecule has 5 nitrogen and oxygen atoms in total. The summed E-state index contributed by atoms with van der Waals surface area (Å²) in [5, 5.41) is 15.5. The van der Waals surface area contributed by atoms with Gasteiger partial charge in [-0.05, 0) is 42.7 Å². The van der Waals surface area contributed by atoms with Gasteiger partial charge < -0.3 is 10.4 Å². The van der Waals surface area contributed by atoms with Crippen molar-refractivity contribution in [1.82, 2.24) is 9.59 Å². The van der Waals surface area contributed by atoms with Gasteiger partial charge in [0.25, 0.3) is 5.91 Å². The van der Waals surface area contributed by atoms with Crippen molar-refractivity contribution in [2.45, 2.75) is 6.92 Å². The van der Waals surface area contributed by atoms with E-state index in [1.807, 2.05) is 0 Å². The maximum atomic E-state index is 11.7. The van der Waals surface area contributed by atoms with E-state index < -0.39 is 0 Å². The molecule has 0 unspecified atom stereocenters. The van der Waals surface area contributed by atoms with E-state index in [4.69, 9.17) is 5.11 Å². The molecule has 2 N–H and O–H groups in total. The summed E-state index contributed by atoms with van der Waals surface area (Å²) in [6.45, 7) is 1.73. The fourth-order valence-electron chi connectivity index (χ4n) is 1.17. The molecule has 0 saturated heterocycles. The van der Waals surface area contributed by atoms with E-state index in [9.17, 15) is 4.79 Å². The Hall–Kier alpha value is -1.95. The van der Waals surface area contributed by atoms with Crippen LogP contribution in [-0.4, -0.2) is 20.6 Å². The third-order valence-electron chi connectivity index (χ3n) is 1.98. The normalized spacial score (nSPS) is 10.1. The van der Waals surface area contributed by atoms with Gasteiger partial charge in [0, 0.05) is 5.69 Å². The lowest BCUT2D eigenvalue weighted by molar-refractivity contribution is 0.103. The van der Waals surface area contributed by atoms with Gasteiger partial charge in [-0.25, -0.2) is 0 Å². The number of nitrogens with one attached hydrogen (secondary N) is 1. The van der Waals surface area contributed by atoms with Crippen LogP contribution in [0.2, 0.25) is 0 Å². The lowest BCUT2D eigenvalue weighted by Crippen LogP contribution is -2.11. The standard InChI is InChI=1S/C10H9N3O2S/c1-6-9(16-13-12-6)10(15)11-7-2-4-8(14)5-3-7/h2-5,14H,1H3,(H,11,15). The fourth-order valence-corrected chi connectivity index (χ4v) is 1.72. The Balaban J connectivity index is 2.14. The van der Waals surface area contributed by atoms with Gasteiger partial charge in [0.15, 0.2) is 0 Å². The molecular weight excluding hydrogens is 226 g/mol. The van der Waals surface area contributed by atoms with Gasteiger partial charge in [-0.3, -0.25) is 4.79 Å². The van der Waals surface area contributed by atoms with Crippen LogP contribution in [0.15, 0.2) is 24.3 Å². The predicted molar refractivity (Wildman–Crippen MR) is 60.7 cm³/mol. The number of carbonyl (C=O) groups is 1. The van der Waals surface area contributed by atoms with Crippen molar-refractivity contribution in [2.75, 3.05) is 5.32 Å². The van der Waals surface area contributed by atoms with E-state index in [0.717, 1.165) is 11.5 Å². The molecule has 0 fully saturated rings. The van der Waals surface area contributed by atoms with Crippen LogP contribution < -0.4 is 5.32 Å². The number of aryl methyl sites for hydroxylation is 1. The maximum absolute atomic E-state index is 11.7. The van der Waals surface area contributed by atoms with Gasteiger partial charge in [-0.2, -0.15) is 0 Å². The van der Waals surface area contributed by atoms with Crippen molar-refractivity contribution in [1.29, 1.82) is 0 Å². The first-order valence-corrected chi connectivity index (χ1v) is 5.33. The molecule has 0 aliphatic rings. The second kappa shape index (κ2) is 4.28. The van der Waals surface area contributed by atoms with Crippen LogP contribution in [0, 0.1) is 6.92 Å². The molecule has 16 heavy (non-hydrogen) atoms. The minimum Gasteiger partial charge on any atom is -0.508 e. The lowest BCUT2D eigenvalue weighted by Gasteiger charge is -2.03. The number of amides is 1. The van der Waals surface area contributed by atoms with Gasteiger partial charge in [0.1, 0.15) is 10.6 Å². The van der Waals surface area contributed by atoms with Crippen LogP contribution in [-0.2, 0) is 0 Å². The minimum absolute atomic E-state index is 0.161. The second-order valence-electron chi connectivity index (χ2n) is 3.19. The van der Waals surface area contributed by atoms with Crippen molar-refractivity contribution in [3.8, 4) is 5.75 Å². The summed E-state index contributed by atoms with van der Waals surface area (Å²) in [6.07, 6.45) is 0. The van der Waals surface area contributed by atoms with Gasteiger partial charge in [-0.1, -0.05) is 4.49 Å². The Labute approximate surface area is 95.9 Å². The number of aromatic hydroxyl groups is 1. The maximum Gasteiger partial charge on any atom is 0.269 e. The third kappa shape index (κ3) is 2.17. The average Bonchev–Trinajstić information content (AvgIpc) is 2.68. The topological polar surface area (TPSA) is 75.1 Å². The molecule has 1 aromatic carbocycles. The highest BCUT2D eigenvalue weighted by Gasteiger charge is 2.12. The molecular formula is C10H9N3O2S. The number of benzene rings is 1. The SMILES string of the molecule is Cc1nnsc1C(=O)Nc1ccc(O)cc1. The number of rotatable bonds is 2. The van der Waals surface area contributed by atoms with Crippen LogP contribution in [0.4, 0.5) is 5.69 Å². The molecule has 0 bridgehead atoms. The number of phenols is 1. The zero-order chi connectivity index (χ0) is 11.5. The number of hydrogen-bond donors (Lipinski definition) is 2. The Bertz CT molecular complexity index is 507. The smallest absolute Gasteiger partial charge is 0.269 e. The third-order valence-corrected chi connectivity index (χ3v) is 2.81. The monoisotopic (exact) mass is 235 g/mol. The molecule has 0 radical (unpaired) electrons. The van der Waals surface area contributed by atoms with Gasteiger partial charge in [0.2, 0.25) is 0 Å². The number of nitrogens with zero attached hydrogens (tertiary/aromatic N) is 2. The summed E-state index contributed by atoms with van der Waals surface area (Å²) in [4.78, 5) is 12.2. The van der Waals surface area contributed by atoms with Crippen LogP contribution >= 0.6 is 11.5 Å². The van der Waals surface area contributed by atoms with Crippen molar-refractivity contribution in [3.63, 3.8) is 0 Å². The Morgan fingerprint density at radius 3 is 2.62 bits per heavy atom. The summed E-state index contributed by atoms with van der Waals surface area (Å²) in [5.41, 5.74) is 1.23. The molecule has 0 saturated carbocycles. The summed E-state index contributed by atoms with van der Waals surface area (Å²) < 4.78 is 3.69. The largest absolute Gasteiger partial charge is 0.508 e. The van der Waals surface area contributed by atoms with E-state index in [0.29, 0.717) is 16.3 Å². The molecule has 1 aromatic heterocycles. The highest BCUT2D eigenvalue weighted by molar-refractivity contribution is 7.08. The first-order valence-electron chi connectivity index (χ1n) is 4.56. The van der Waals surface area contributed by atoms with Crippen LogP contribution in [0.25, 0.3) is 0 Å². The van der Waals surface area contributed by atoms with E-state index in [2.05, 4.69) is 14.9 Å². The Morgan fingerprint density at radius 2 is 2.06 bits per heavy atom. The number of anilines is 1. The molecule has 0 aliphatic carbocycles. The Kier molecular flexibility index (Phi) is 2.82. The second-order valence-corrected chi connectivity index (χ2v) is 3.94. The van der Waals surface area contributed by atoms with Gasteiger partial charge in [-0.15, -0.1) is 5.10 Å². The summed E-state index contributed by atoms with van der Waals surface area (Å²) in [6, 6.07) is 6.26. The molecule has 2 aromatic rings. The molecule has 0 spiro atoms. The van der Waals surface area contributed by atoms with E-state index in [1.165, 1.54) is 12.1 Å². The molecule has 0 atom stereocenters. The molecule has 1 amide bonds. The molecule has 82 valence electrons. The summed E-state index contributed by atoms with van der Waals surface area (Å²) in [7, 11) is 0. The average molecular weight is 235 g/mol. The number of carbonyl (C=O) groups excluding carboxylic acids is 1. The Morgan fingerprint density at radius 1 is 1.38 bits per heavy atom. The first kappa shape index (κ1) is 10.6. The van der Waals surface area contributed by atoms with E-state index in [1.54, 1.807) is 19.1 Å². The first-order chi connectivity index (χ1) is 7.66. The van der Waals surface area contributed by atoms with Crippen molar-refractivity contribution in [2.24, 2.45) is 0 Å². The highest BCUT2D eigenvalue weighted by Crippen LogP contribution is 2.16. The predicted octanol–water partition coefficient (Wildman–Crippen LogP) is 1.80. The van der Waals surface area contributed by atoms with Crippen LogP contribution in [0.5, 0.6) is 5.75 Å². The number of hydrogen-bond acceptors (Lipinski definition) is 5. The number of aromatic nitrogens is 2. The number of phenolic OH excluding ortho intramolecular Hbond substituents is 1.